The highest BCUT2D eigenvalue weighted by Crippen LogP contribution is 2.33. The third-order valence-electron chi connectivity index (χ3n) is 4.09. The fourth-order valence-electron chi connectivity index (χ4n) is 2.74. The lowest BCUT2D eigenvalue weighted by Gasteiger charge is -2.11. The molecule has 0 spiro atoms. The van der Waals surface area contributed by atoms with Crippen molar-refractivity contribution in [1.82, 2.24) is 10.3 Å². The van der Waals surface area contributed by atoms with Crippen LogP contribution in [-0.4, -0.2) is 21.1 Å². The number of carbonyl (C=O) groups excluding carboxylic acids is 1. The van der Waals surface area contributed by atoms with Crippen LogP contribution in [-0.2, 0) is 0 Å². The van der Waals surface area contributed by atoms with E-state index in [2.05, 4.69) is 15.6 Å². The first-order valence-corrected chi connectivity index (χ1v) is 9.35. The van der Waals surface area contributed by atoms with Gasteiger partial charge in [-0.15, -0.1) is 0 Å². The number of aromatic nitrogens is 1. The van der Waals surface area contributed by atoms with Gasteiger partial charge in [0, 0.05) is 16.3 Å². The summed E-state index contributed by atoms with van der Waals surface area (Å²) >= 11 is 11.1. The third kappa shape index (κ3) is 4.21. The molecule has 3 aromatic carbocycles. The minimum atomic E-state index is -0.386. The highest BCUT2D eigenvalue weighted by Gasteiger charge is 2.14. The number of hydrogen-bond donors (Lipinski definition) is 3. The van der Waals surface area contributed by atoms with Crippen LogP contribution in [0.4, 0.5) is 5.69 Å². The summed E-state index contributed by atoms with van der Waals surface area (Å²) in [5.41, 5.74) is 2.64. The smallest absolute Gasteiger partial charge is 0.257 e. The molecule has 8 heteroatoms. The quantitative estimate of drug-likeness (QED) is 0.318. The highest BCUT2D eigenvalue weighted by atomic mass is 35.5. The number of carbonyl (C=O) groups is 1. The van der Waals surface area contributed by atoms with Crippen LogP contribution in [0.5, 0.6) is 5.75 Å². The van der Waals surface area contributed by atoms with E-state index in [9.17, 15) is 9.90 Å². The maximum absolute atomic E-state index is 12.3. The van der Waals surface area contributed by atoms with Gasteiger partial charge in [0.15, 0.2) is 10.7 Å². The third-order valence-corrected chi connectivity index (χ3v) is 4.53. The van der Waals surface area contributed by atoms with Crippen molar-refractivity contribution in [3.8, 4) is 17.2 Å². The zero-order chi connectivity index (χ0) is 20.4. The summed E-state index contributed by atoms with van der Waals surface area (Å²) in [6, 6.07) is 18.6. The van der Waals surface area contributed by atoms with E-state index in [-0.39, 0.29) is 22.7 Å². The van der Waals surface area contributed by atoms with Crippen LogP contribution in [0.25, 0.3) is 22.6 Å². The summed E-state index contributed by atoms with van der Waals surface area (Å²) in [5, 5.41) is 16.3. The fraction of sp³-hybridized carbons (Fsp3) is 0. The van der Waals surface area contributed by atoms with Gasteiger partial charge in [0.25, 0.3) is 5.91 Å². The Kier molecular flexibility index (Phi) is 5.16. The molecule has 4 aromatic rings. The first kappa shape index (κ1) is 18.9. The number of phenols is 1. The van der Waals surface area contributed by atoms with Crippen LogP contribution in [0, 0.1) is 0 Å². The lowest BCUT2D eigenvalue weighted by atomic mass is 10.1. The molecule has 1 amide bonds. The number of nitrogens with one attached hydrogen (secondary N) is 2. The number of fused-ring (bicyclic) bond motifs is 1. The molecule has 0 aliphatic heterocycles. The van der Waals surface area contributed by atoms with E-state index in [0.29, 0.717) is 32.9 Å². The van der Waals surface area contributed by atoms with Gasteiger partial charge in [0.1, 0.15) is 11.3 Å². The number of aromatic hydroxyl groups is 1. The summed E-state index contributed by atoms with van der Waals surface area (Å²) < 4.78 is 5.71. The molecule has 6 nitrogen and oxygen atoms in total. The maximum Gasteiger partial charge on any atom is 0.257 e. The number of thiocarbonyl (C=S) groups is 1. The van der Waals surface area contributed by atoms with Gasteiger partial charge in [-0.2, -0.15) is 0 Å². The number of oxazole rings is 1. The number of halogens is 1. The highest BCUT2D eigenvalue weighted by molar-refractivity contribution is 7.80. The molecular weight excluding hydrogens is 410 g/mol. The van der Waals surface area contributed by atoms with Gasteiger partial charge in [-0.05, 0) is 60.7 Å². The van der Waals surface area contributed by atoms with Gasteiger partial charge in [-0.25, -0.2) is 4.98 Å². The normalized spacial score (nSPS) is 10.7. The Labute approximate surface area is 176 Å². The molecule has 0 aliphatic rings. The number of phenolic OH excluding ortho intramolecular Hbond substituents is 1. The molecule has 0 unspecified atom stereocenters. The Balaban J connectivity index is 1.53. The lowest BCUT2D eigenvalue weighted by Crippen LogP contribution is -2.34. The zero-order valence-corrected chi connectivity index (χ0v) is 16.4. The second-order valence-corrected chi connectivity index (χ2v) is 6.98. The number of rotatable bonds is 3. The second-order valence-electron chi connectivity index (χ2n) is 6.14. The van der Waals surface area contributed by atoms with Crippen LogP contribution in [0.2, 0.25) is 5.02 Å². The second kappa shape index (κ2) is 7.90. The Bertz CT molecular complexity index is 1210. The minimum absolute atomic E-state index is 0.0102. The molecule has 0 aliphatic carbocycles. The van der Waals surface area contributed by atoms with Crippen LogP contribution < -0.4 is 10.6 Å². The van der Waals surface area contributed by atoms with Gasteiger partial charge in [-0.1, -0.05) is 29.8 Å². The van der Waals surface area contributed by atoms with E-state index < -0.39 is 0 Å². The van der Waals surface area contributed by atoms with Crippen molar-refractivity contribution in [2.24, 2.45) is 0 Å². The van der Waals surface area contributed by atoms with E-state index in [4.69, 9.17) is 28.2 Å². The summed E-state index contributed by atoms with van der Waals surface area (Å²) in [4.78, 5) is 16.7. The summed E-state index contributed by atoms with van der Waals surface area (Å²) in [7, 11) is 0. The summed E-state index contributed by atoms with van der Waals surface area (Å²) in [5.74, 6) is -0.0971. The van der Waals surface area contributed by atoms with Crippen LogP contribution >= 0.6 is 23.8 Å². The van der Waals surface area contributed by atoms with Crippen molar-refractivity contribution in [1.29, 1.82) is 0 Å². The summed E-state index contributed by atoms with van der Waals surface area (Å²) in [6.07, 6.45) is 0. The van der Waals surface area contributed by atoms with Crippen LogP contribution in [0.15, 0.2) is 71.1 Å². The SMILES string of the molecule is O=C(NC(=S)Nc1ccc(O)c(-c2nc3ccccc3o2)c1)c1cccc(Cl)c1. The predicted molar refractivity (Wildman–Crippen MR) is 116 cm³/mol. The van der Waals surface area contributed by atoms with Crippen LogP contribution in [0.1, 0.15) is 10.4 Å². The van der Waals surface area contributed by atoms with Crippen molar-refractivity contribution in [2.75, 3.05) is 5.32 Å². The number of benzene rings is 3. The molecule has 0 saturated carbocycles. The van der Waals surface area contributed by atoms with Crippen LogP contribution in [0.3, 0.4) is 0 Å². The Morgan fingerprint density at radius 3 is 2.69 bits per heavy atom. The zero-order valence-electron chi connectivity index (χ0n) is 14.8. The first-order chi connectivity index (χ1) is 14.0. The van der Waals surface area contributed by atoms with E-state index in [1.165, 1.54) is 6.07 Å². The average Bonchev–Trinajstić information content (AvgIpc) is 3.13. The van der Waals surface area contributed by atoms with Gasteiger partial charge in [-0.3, -0.25) is 10.1 Å². The van der Waals surface area contributed by atoms with Gasteiger partial charge in [0.2, 0.25) is 5.89 Å². The molecule has 1 aromatic heterocycles. The molecule has 0 fully saturated rings. The lowest BCUT2D eigenvalue weighted by molar-refractivity contribution is 0.0977. The van der Waals surface area contributed by atoms with Crippen molar-refractivity contribution in [2.45, 2.75) is 0 Å². The molecule has 0 radical (unpaired) electrons. The van der Waals surface area contributed by atoms with Crippen molar-refractivity contribution < 1.29 is 14.3 Å². The largest absolute Gasteiger partial charge is 0.507 e. The number of anilines is 1. The number of amides is 1. The molecule has 1 heterocycles. The van der Waals surface area contributed by atoms with Crippen molar-refractivity contribution in [3.63, 3.8) is 0 Å². The topological polar surface area (TPSA) is 87.4 Å². The fourth-order valence-corrected chi connectivity index (χ4v) is 3.14. The molecule has 29 heavy (non-hydrogen) atoms. The average molecular weight is 424 g/mol. The molecule has 0 atom stereocenters. The molecular formula is C21H14ClN3O3S. The molecule has 0 saturated heterocycles. The maximum atomic E-state index is 12.3. The number of para-hydroxylation sites is 2. The minimum Gasteiger partial charge on any atom is -0.507 e. The number of nitrogens with zero attached hydrogens (tertiary/aromatic N) is 1. The first-order valence-electron chi connectivity index (χ1n) is 8.56. The van der Waals surface area contributed by atoms with Crippen molar-refractivity contribution in [3.05, 3.63) is 77.3 Å². The molecule has 3 N–H and O–H groups in total. The molecule has 0 bridgehead atoms. The monoisotopic (exact) mass is 423 g/mol. The van der Waals surface area contributed by atoms with Gasteiger partial charge in [0.05, 0.1) is 5.56 Å². The van der Waals surface area contributed by atoms with Crippen molar-refractivity contribution >= 4 is 51.6 Å². The van der Waals surface area contributed by atoms with E-state index in [0.717, 1.165) is 0 Å². The van der Waals surface area contributed by atoms with Gasteiger partial charge >= 0.3 is 0 Å². The Hall–Kier alpha value is -3.42. The van der Waals surface area contributed by atoms with E-state index >= 15 is 0 Å². The van der Waals surface area contributed by atoms with E-state index in [1.807, 2.05) is 18.2 Å². The Morgan fingerprint density at radius 2 is 1.90 bits per heavy atom. The standard InChI is InChI=1S/C21H14ClN3O3S/c22-13-5-3-4-12(10-13)19(27)25-21(29)23-14-8-9-17(26)15(11-14)20-24-16-6-1-2-7-18(16)28-20/h1-11,26H,(H2,23,25,27,29). The number of hydrogen-bond acceptors (Lipinski definition) is 5. The summed E-state index contributed by atoms with van der Waals surface area (Å²) in [6.45, 7) is 0. The predicted octanol–water partition coefficient (Wildman–Crippen LogP) is 4.98. The molecule has 144 valence electrons. The Morgan fingerprint density at radius 1 is 1.07 bits per heavy atom. The molecule has 4 rings (SSSR count). The van der Waals surface area contributed by atoms with Gasteiger partial charge < -0.3 is 14.8 Å². The van der Waals surface area contributed by atoms with E-state index in [1.54, 1.807) is 42.5 Å².